The topological polar surface area (TPSA) is 89.1 Å². The van der Waals surface area contributed by atoms with Gasteiger partial charge < -0.3 is 29.7 Å². The third-order valence-corrected chi connectivity index (χ3v) is 5.42. The number of benzene rings is 1. The van der Waals surface area contributed by atoms with Crippen LogP contribution in [0.15, 0.2) is 18.2 Å². The van der Waals surface area contributed by atoms with Crippen molar-refractivity contribution >= 4 is 51.2 Å². The molecule has 0 aliphatic carbocycles. The first-order valence-electron chi connectivity index (χ1n) is 8.46. The average molecular weight is 438 g/mol. The summed E-state index contributed by atoms with van der Waals surface area (Å²) in [5.41, 5.74) is 1.39. The monoisotopic (exact) mass is 437 g/mol. The van der Waals surface area contributed by atoms with Crippen molar-refractivity contribution in [3.8, 4) is 11.5 Å². The molecule has 29 heavy (non-hydrogen) atoms. The Morgan fingerprint density at radius 1 is 1.10 bits per heavy atom. The number of hydrogen-bond donors (Lipinski definition) is 2. The summed E-state index contributed by atoms with van der Waals surface area (Å²) in [4.78, 5) is 26.6. The molecule has 0 bridgehead atoms. The van der Waals surface area contributed by atoms with Crippen LogP contribution in [-0.4, -0.2) is 57.3 Å². The Morgan fingerprint density at radius 2 is 1.79 bits per heavy atom. The smallest absolute Gasteiger partial charge is 0.341 e. The van der Waals surface area contributed by atoms with E-state index in [-0.39, 0.29) is 16.6 Å². The number of hydrogen-bond acceptors (Lipinski definition) is 7. The van der Waals surface area contributed by atoms with E-state index in [9.17, 15) is 9.59 Å². The van der Waals surface area contributed by atoms with E-state index < -0.39 is 5.97 Å². The lowest BCUT2D eigenvalue weighted by Crippen LogP contribution is -2.21. The van der Waals surface area contributed by atoms with Gasteiger partial charge in [0, 0.05) is 20.2 Å². The van der Waals surface area contributed by atoms with Crippen molar-refractivity contribution in [2.45, 2.75) is 6.92 Å². The van der Waals surface area contributed by atoms with Gasteiger partial charge in [0.1, 0.15) is 16.5 Å². The first-order chi connectivity index (χ1) is 13.7. The third-order valence-electron chi connectivity index (χ3n) is 4.02. The minimum Gasteiger partial charge on any atom is -0.497 e. The number of esters is 1. The van der Waals surface area contributed by atoms with Crippen LogP contribution in [0.4, 0.5) is 10.7 Å². The second-order valence-electron chi connectivity index (χ2n) is 6.10. The van der Waals surface area contributed by atoms with Crippen molar-refractivity contribution in [1.82, 2.24) is 4.90 Å². The summed E-state index contributed by atoms with van der Waals surface area (Å²) in [7, 11) is 7.68. The molecule has 0 radical (unpaired) electrons. The molecule has 2 aromatic rings. The van der Waals surface area contributed by atoms with Gasteiger partial charge in [-0.1, -0.05) is 0 Å². The first-order valence-corrected chi connectivity index (χ1v) is 9.69. The van der Waals surface area contributed by atoms with Crippen LogP contribution in [0.5, 0.6) is 11.5 Å². The van der Waals surface area contributed by atoms with Gasteiger partial charge in [-0.25, -0.2) is 4.79 Å². The van der Waals surface area contributed by atoms with Crippen LogP contribution in [0.2, 0.25) is 0 Å². The summed E-state index contributed by atoms with van der Waals surface area (Å²) in [6, 6.07) is 5.24. The Kier molecular flexibility index (Phi) is 7.40. The normalized spacial score (nSPS) is 10.1. The van der Waals surface area contributed by atoms with E-state index in [0.29, 0.717) is 32.6 Å². The molecule has 0 unspecified atom stereocenters. The minimum atomic E-state index is -0.555. The van der Waals surface area contributed by atoms with Crippen LogP contribution >= 0.6 is 23.6 Å². The number of rotatable bonds is 6. The van der Waals surface area contributed by atoms with Gasteiger partial charge in [-0.2, -0.15) is 0 Å². The van der Waals surface area contributed by atoms with E-state index in [1.54, 1.807) is 53.4 Å². The molecule has 10 heteroatoms. The molecule has 2 N–H and O–H groups in total. The van der Waals surface area contributed by atoms with Gasteiger partial charge in [0.15, 0.2) is 5.11 Å². The third kappa shape index (κ3) is 4.96. The summed E-state index contributed by atoms with van der Waals surface area (Å²) in [5, 5.41) is 6.64. The summed E-state index contributed by atoms with van der Waals surface area (Å²) in [6.45, 7) is 1.70. The number of thiocarbonyl (C=S) groups is 1. The minimum absolute atomic E-state index is 0.209. The number of nitrogens with one attached hydrogen (secondary N) is 2. The van der Waals surface area contributed by atoms with Gasteiger partial charge in [-0.3, -0.25) is 4.79 Å². The highest BCUT2D eigenvalue weighted by Crippen LogP contribution is 2.35. The lowest BCUT2D eigenvalue weighted by molar-refractivity contribution is 0.0601. The van der Waals surface area contributed by atoms with E-state index in [4.69, 9.17) is 26.4 Å². The number of nitrogens with zero attached hydrogens (tertiary/aromatic N) is 1. The van der Waals surface area contributed by atoms with Crippen molar-refractivity contribution < 1.29 is 23.8 Å². The maximum atomic E-state index is 12.5. The zero-order chi connectivity index (χ0) is 21.7. The quantitative estimate of drug-likeness (QED) is 0.525. The maximum Gasteiger partial charge on any atom is 0.341 e. The molecule has 1 amide bonds. The van der Waals surface area contributed by atoms with Gasteiger partial charge in [0.2, 0.25) is 0 Å². The Balaban J connectivity index is 2.36. The van der Waals surface area contributed by atoms with E-state index in [0.717, 1.165) is 11.3 Å². The number of anilines is 2. The molecule has 1 aromatic heterocycles. The molecule has 0 aliphatic heterocycles. The molecule has 0 fully saturated rings. The Hall–Kier alpha value is -2.85. The van der Waals surface area contributed by atoms with Crippen molar-refractivity contribution in [1.29, 1.82) is 0 Å². The second kappa shape index (κ2) is 9.57. The molecule has 8 nitrogen and oxygen atoms in total. The first kappa shape index (κ1) is 22.4. The molecule has 1 aromatic carbocycles. The molecule has 0 spiro atoms. The summed E-state index contributed by atoms with van der Waals surface area (Å²) in [6.07, 6.45) is 0. The summed E-state index contributed by atoms with van der Waals surface area (Å²) in [5.74, 6) is 0.422. The number of carbonyl (C=O) groups excluding carboxylic acids is 2. The zero-order valence-corrected chi connectivity index (χ0v) is 18.7. The second-order valence-corrected chi connectivity index (χ2v) is 7.53. The lowest BCUT2D eigenvalue weighted by atomic mass is 10.1. The fourth-order valence-electron chi connectivity index (χ4n) is 2.52. The molecular formula is C19H23N3O5S2. The zero-order valence-electron chi connectivity index (χ0n) is 17.0. The Bertz CT molecular complexity index is 940. The highest BCUT2D eigenvalue weighted by molar-refractivity contribution is 7.80. The highest BCUT2D eigenvalue weighted by atomic mass is 32.1. The van der Waals surface area contributed by atoms with Crippen molar-refractivity contribution in [3.05, 3.63) is 34.2 Å². The van der Waals surface area contributed by atoms with Crippen molar-refractivity contribution in [3.63, 3.8) is 0 Å². The molecule has 0 aliphatic rings. The van der Waals surface area contributed by atoms with E-state index in [1.807, 2.05) is 0 Å². The number of methoxy groups -OCH3 is 3. The van der Waals surface area contributed by atoms with Crippen molar-refractivity contribution in [2.24, 2.45) is 0 Å². The van der Waals surface area contributed by atoms with E-state index in [1.165, 1.54) is 12.0 Å². The molecular weight excluding hydrogens is 414 g/mol. The highest BCUT2D eigenvalue weighted by Gasteiger charge is 2.26. The fourth-order valence-corrected chi connectivity index (χ4v) is 4.02. The van der Waals surface area contributed by atoms with Crippen LogP contribution in [-0.2, 0) is 4.74 Å². The SMILES string of the molecule is COC(=O)c1c(NC(=S)Nc2cc(OC)ccc2OC)sc(C(=O)N(C)C)c1C. The number of amides is 1. The van der Waals surface area contributed by atoms with Gasteiger partial charge in [0.05, 0.1) is 37.5 Å². The average Bonchev–Trinajstić information content (AvgIpc) is 3.01. The number of thiophene rings is 1. The van der Waals surface area contributed by atoms with Crippen LogP contribution in [0.1, 0.15) is 25.6 Å². The number of ether oxygens (including phenoxy) is 3. The van der Waals surface area contributed by atoms with Crippen LogP contribution in [0, 0.1) is 6.92 Å². The molecule has 0 saturated heterocycles. The molecule has 156 valence electrons. The predicted octanol–water partition coefficient (Wildman–Crippen LogP) is 3.37. The number of carbonyl (C=O) groups is 2. The lowest BCUT2D eigenvalue weighted by Gasteiger charge is -2.14. The van der Waals surface area contributed by atoms with Gasteiger partial charge in [0.25, 0.3) is 5.91 Å². The van der Waals surface area contributed by atoms with Gasteiger partial charge >= 0.3 is 5.97 Å². The summed E-state index contributed by atoms with van der Waals surface area (Å²) >= 11 is 6.53. The Labute approximate surface area is 178 Å². The largest absolute Gasteiger partial charge is 0.497 e. The predicted molar refractivity (Wildman–Crippen MR) is 118 cm³/mol. The summed E-state index contributed by atoms with van der Waals surface area (Å²) < 4.78 is 15.4. The van der Waals surface area contributed by atoms with Crippen molar-refractivity contribution in [2.75, 3.05) is 46.1 Å². The molecule has 2 rings (SSSR count). The van der Waals surface area contributed by atoms with Crippen LogP contribution < -0.4 is 20.1 Å². The molecule has 0 saturated carbocycles. The Morgan fingerprint density at radius 3 is 2.34 bits per heavy atom. The standard InChI is InChI=1S/C19H23N3O5S2/c1-10-14(18(24)27-6)16(29-15(10)17(23)22(2)3)21-19(28)20-12-9-11(25-4)7-8-13(12)26-5/h7-9H,1-6H3,(H2,20,21,28). The maximum absolute atomic E-state index is 12.5. The van der Waals surface area contributed by atoms with Gasteiger partial charge in [-0.05, 0) is 36.8 Å². The fraction of sp³-hybridized carbons (Fsp3) is 0.316. The van der Waals surface area contributed by atoms with Gasteiger partial charge in [-0.15, -0.1) is 11.3 Å². The van der Waals surface area contributed by atoms with Crippen LogP contribution in [0.3, 0.4) is 0 Å². The molecule has 0 atom stereocenters. The van der Waals surface area contributed by atoms with E-state index >= 15 is 0 Å². The van der Waals surface area contributed by atoms with Crippen LogP contribution in [0.25, 0.3) is 0 Å². The molecule has 1 heterocycles. The van der Waals surface area contributed by atoms with E-state index in [2.05, 4.69) is 10.6 Å².